The first kappa shape index (κ1) is 12.4. The molecule has 1 saturated carbocycles. The third-order valence-corrected chi connectivity index (χ3v) is 4.81. The zero-order valence-corrected chi connectivity index (χ0v) is 11.8. The van der Waals surface area contributed by atoms with E-state index < -0.39 is 0 Å². The molecule has 0 spiro atoms. The van der Waals surface area contributed by atoms with Crippen molar-refractivity contribution in [2.45, 2.75) is 38.1 Å². The van der Waals surface area contributed by atoms with Gasteiger partial charge in [0.05, 0.1) is 5.56 Å². The topological polar surface area (TPSA) is 63.8 Å². The summed E-state index contributed by atoms with van der Waals surface area (Å²) in [4.78, 5) is 4.17. The van der Waals surface area contributed by atoms with Gasteiger partial charge >= 0.3 is 0 Å². The number of anilines is 2. The molecular weight excluding hydrogens is 256 g/mol. The van der Waals surface area contributed by atoms with Gasteiger partial charge in [-0.25, -0.2) is 0 Å². The minimum atomic E-state index is 0.246. The molecule has 3 rings (SSSR count). The van der Waals surface area contributed by atoms with E-state index in [4.69, 9.17) is 5.73 Å². The van der Waals surface area contributed by atoms with Crippen molar-refractivity contribution < 1.29 is 0 Å². The monoisotopic (exact) mass is 274 g/mol. The maximum atomic E-state index is 6.02. The highest BCUT2D eigenvalue weighted by Crippen LogP contribution is 2.43. The summed E-state index contributed by atoms with van der Waals surface area (Å²) < 4.78 is 4.30. The van der Waals surface area contributed by atoms with E-state index in [1.54, 1.807) is 6.20 Å². The van der Waals surface area contributed by atoms with Crippen LogP contribution in [0, 0.1) is 0 Å². The number of aromatic nitrogens is 2. The average molecular weight is 274 g/mol. The van der Waals surface area contributed by atoms with E-state index in [2.05, 4.69) is 21.6 Å². The molecule has 2 heterocycles. The van der Waals surface area contributed by atoms with E-state index in [1.807, 2.05) is 18.3 Å². The smallest absolute Gasteiger partial charge is 0.147 e. The van der Waals surface area contributed by atoms with Crippen molar-refractivity contribution >= 4 is 22.4 Å². The van der Waals surface area contributed by atoms with E-state index in [9.17, 15) is 0 Å². The molecule has 0 radical (unpaired) electrons. The SMILES string of the molecule is CCC1(Nc2snc(N)c2-c2cccnc2)CCC1. The van der Waals surface area contributed by atoms with E-state index in [-0.39, 0.29) is 5.54 Å². The van der Waals surface area contributed by atoms with Crippen molar-refractivity contribution in [3.8, 4) is 11.1 Å². The second kappa shape index (κ2) is 4.81. The largest absolute Gasteiger partial charge is 0.382 e. The minimum absolute atomic E-state index is 0.246. The normalized spacial score (nSPS) is 16.9. The predicted molar refractivity (Wildman–Crippen MR) is 80.3 cm³/mol. The highest BCUT2D eigenvalue weighted by Gasteiger charge is 2.36. The van der Waals surface area contributed by atoms with Gasteiger partial charge in [0.15, 0.2) is 0 Å². The second-order valence-electron chi connectivity index (χ2n) is 5.13. The molecule has 0 saturated heterocycles. The third kappa shape index (κ3) is 2.18. The Hall–Kier alpha value is -1.62. The zero-order valence-electron chi connectivity index (χ0n) is 11.0. The lowest BCUT2D eigenvalue weighted by Crippen LogP contribution is -2.44. The molecule has 3 N–H and O–H groups in total. The van der Waals surface area contributed by atoms with Gasteiger partial charge in [0.2, 0.25) is 0 Å². The van der Waals surface area contributed by atoms with Gasteiger partial charge in [-0.1, -0.05) is 13.0 Å². The molecule has 2 aromatic rings. The lowest BCUT2D eigenvalue weighted by Gasteiger charge is -2.42. The van der Waals surface area contributed by atoms with Crippen LogP contribution in [-0.2, 0) is 0 Å². The van der Waals surface area contributed by atoms with Crippen LogP contribution >= 0.6 is 11.5 Å². The van der Waals surface area contributed by atoms with Gasteiger partial charge in [-0.05, 0) is 43.3 Å². The number of nitrogens with two attached hydrogens (primary N) is 1. The van der Waals surface area contributed by atoms with Crippen molar-refractivity contribution in [1.82, 2.24) is 9.36 Å². The number of nitrogen functional groups attached to an aromatic ring is 1. The number of pyridine rings is 1. The Morgan fingerprint density at radius 2 is 2.32 bits per heavy atom. The molecule has 1 aliphatic carbocycles. The number of rotatable bonds is 4. The Labute approximate surface area is 117 Å². The Morgan fingerprint density at radius 3 is 2.89 bits per heavy atom. The third-order valence-electron chi connectivity index (χ3n) is 4.03. The van der Waals surface area contributed by atoms with E-state index in [0.717, 1.165) is 22.5 Å². The van der Waals surface area contributed by atoms with Crippen molar-refractivity contribution in [2.24, 2.45) is 0 Å². The molecule has 0 aliphatic heterocycles. The van der Waals surface area contributed by atoms with Crippen molar-refractivity contribution in [2.75, 3.05) is 11.1 Å². The molecule has 100 valence electrons. The van der Waals surface area contributed by atoms with Crippen LogP contribution in [0.1, 0.15) is 32.6 Å². The lowest BCUT2D eigenvalue weighted by molar-refractivity contribution is 0.270. The summed E-state index contributed by atoms with van der Waals surface area (Å²) in [5, 5.41) is 4.75. The maximum absolute atomic E-state index is 6.02. The molecule has 0 amide bonds. The van der Waals surface area contributed by atoms with Gasteiger partial charge in [0.25, 0.3) is 0 Å². The number of nitrogens with zero attached hydrogens (tertiary/aromatic N) is 2. The molecule has 1 fully saturated rings. The Kier molecular flexibility index (Phi) is 3.14. The van der Waals surface area contributed by atoms with Crippen LogP contribution < -0.4 is 11.1 Å². The molecule has 5 heteroatoms. The van der Waals surface area contributed by atoms with Gasteiger partial charge in [0, 0.05) is 23.5 Å². The van der Waals surface area contributed by atoms with Gasteiger partial charge in [0.1, 0.15) is 10.8 Å². The fourth-order valence-electron chi connectivity index (χ4n) is 2.59. The van der Waals surface area contributed by atoms with Gasteiger partial charge < -0.3 is 11.1 Å². The van der Waals surface area contributed by atoms with Gasteiger partial charge in [-0.2, -0.15) is 4.37 Å². The molecule has 0 unspecified atom stereocenters. The lowest BCUT2D eigenvalue weighted by atomic mass is 9.75. The standard InChI is InChI=1S/C14H18N4S/c1-2-14(6-4-7-14)17-13-11(12(15)18-19-13)10-5-3-8-16-9-10/h3,5,8-9,17H,2,4,6-7H2,1H3,(H2,15,18). The zero-order chi connectivity index (χ0) is 13.3. The summed E-state index contributed by atoms with van der Waals surface area (Å²) in [6, 6.07) is 3.95. The predicted octanol–water partition coefficient (Wildman–Crippen LogP) is 3.53. The molecule has 4 nitrogen and oxygen atoms in total. The second-order valence-corrected chi connectivity index (χ2v) is 5.90. The van der Waals surface area contributed by atoms with Crippen LogP contribution in [0.2, 0.25) is 0 Å². The van der Waals surface area contributed by atoms with E-state index >= 15 is 0 Å². The summed E-state index contributed by atoms with van der Waals surface area (Å²) >= 11 is 1.45. The van der Waals surface area contributed by atoms with Crippen LogP contribution in [-0.4, -0.2) is 14.9 Å². The number of hydrogen-bond acceptors (Lipinski definition) is 5. The fourth-order valence-corrected chi connectivity index (χ4v) is 3.45. The highest BCUT2D eigenvalue weighted by atomic mass is 32.1. The minimum Gasteiger partial charge on any atom is -0.382 e. The van der Waals surface area contributed by atoms with Crippen LogP contribution in [0.5, 0.6) is 0 Å². The molecule has 1 aliphatic rings. The molecular formula is C14H18N4S. The van der Waals surface area contributed by atoms with Crippen LogP contribution in [0.4, 0.5) is 10.8 Å². The van der Waals surface area contributed by atoms with Gasteiger partial charge in [-0.15, -0.1) is 0 Å². The fraction of sp³-hybridized carbons (Fsp3) is 0.429. The van der Waals surface area contributed by atoms with Crippen LogP contribution in [0.3, 0.4) is 0 Å². The number of hydrogen-bond donors (Lipinski definition) is 2. The Morgan fingerprint density at radius 1 is 1.47 bits per heavy atom. The molecule has 0 aromatic carbocycles. The highest BCUT2D eigenvalue weighted by molar-refractivity contribution is 7.11. The van der Waals surface area contributed by atoms with Crippen molar-refractivity contribution in [1.29, 1.82) is 0 Å². The maximum Gasteiger partial charge on any atom is 0.147 e. The molecule has 0 atom stereocenters. The quantitative estimate of drug-likeness (QED) is 0.895. The summed E-state index contributed by atoms with van der Waals surface area (Å²) in [6.45, 7) is 2.24. The van der Waals surface area contributed by atoms with E-state index in [1.165, 1.54) is 30.8 Å². The number of nitrogens with one attached hydrogen (secondary N) is 1. The summed E-state index contributed by atoms with van der Waals surface area (Å²) in [6.07, 6.45) is 8.51. The van der Waals surface area contributed by atoms with Gasteiger partial charge in [-0.3, -0.25) is 4.98 Å². The van der Waals surface area contributed by atoms with E-state index in [0.29, 0.717) is 5.82 Å². The summed E-state index contributed by atoms with van der Waals surface area (Å²) in [5.74, 6) is 0.589. The van der Waals surface area contributed by atoms with Crippen LogP contribution in [0.25, 0.3) is 11.1 Å². The molecule has 2 aromatic heterocycles. The summed E-state index contributed by atoms with van der Waals surface area (Å²) in [5.41, 5.74) is 8.30. The summed E-state index contributed by atoms with van der Waals surface area (Å²) in [7, 11) is 0. The Bertz CT molecular complexity index is 555. The molecule has 19 heavy (non-hydrogen) atoms. The average Bonchev–Trinajstić information content (AvgIpc) is 2.76. The Balaban J connectivity index is 1.95. The van der Waals surface area contributed by atoms with Crippen molar-refractivity contribution in [3.63, 3.8) is 0 Å². The van der Waals surface area contributed by atoms with Crippen molar-refractivity contribution in [3.05, 3.63) is 24.5 Å². The first-order valence-corrected chi connectivity index (χ1v) is 7.45. The first-order valence-electron chi connectivity index (χ1n) is 6.68. The molecule has 0 bridgehead atoms. The first-order chi connectivity index (χ1) is 9.24. The van der Waals surface area contributed by atoms with Crippen LogP contribution in [0.15, 0.2) is 24.5 Å².